The highest BCUT2D eigenvalue weighted by atomic mass is 35.5. The first-order chi connectivity index (χ1) is 14.5. The van der Waals surface area contributed by atoms with Crippen LogP contribution in [0.1, 0.15) is 9.67 Å². The van der Waals surface area contributed by atoms with Gasteiger partial charge in [0.05, 0.1) is 30.5 Å². The maximum Gasteiger partial charge on any atom is 0.263 e. The van der Waals surface area contributed by atoms with Crippen molar-refractivity contribution >= 4 is 56.2 Å². The van der Waals surface area contributed by atoms with Gasteiger partial charge in [-0.05, 0) is 24.3 Å². The van der Waals surface area contributed by atoms with Crippen molar-refractivity contribution in [1.29, 1.82) is 0 Å². The van der Waals surface area contributed by atoms with E-state index in [0.717, 1.165) is 10.1 Å². The summed E-state index contributed by atoms with van der Waals surface area (Å²) in [7, 11) is 0. The summed E-state index contributed by atoms with van der Waals surface area (Å²) in [6.45, 7) is 2.10. The number of carbonyl (C=O) groups excluding carboxylic acids is 2. The Bertz CT molecular complexity index is 1100. The first-order valence-corrected chi connectivity index (χ1v) is 10.6. The van der Waals surface area contributed by atoms with Crippen LogP contribution in [0.4, 0.5) is 15.8 Å². The zero-order chi connectivity index (χ0) is 21.1. The molecule has 0 aliphatic carbocycles. The number of halogens is 2. The second-order valence-corrected chi connectivity index (χ2v) is 8.17. The van der Waals surface area contributed by atoms with Crippen LogP contribution in [0.15, 0.2) is 42.5 Å². The highest BCUT2D eigenvalue weighted by Crippen LogP contribution is 2.34. The van der Waals surface area contributed by atoms with Crippen LogP contribution < -0.4 is 15.5 Å². The van der Waals surface area contributed by atoms with E-state index < -0.39 is 17.6 Å². The molecule has 3 aromatic rings. The van der Waals surface area contributed by atoms with Crippen LogP contribution in [0.5, 0.6) is 0 Å². The fourth-order valence-electron chi connectivity index (χ4n) is 3.25. The third-order valence-electron chi connectivity index (χ3n) is 4.73. The number of carbonyl (C=O) groups is 2. The van der Waals surface area contributed by atoms with Crippen molar-refractivity contribution in [3.63, 3.8) is 0 Å². The Hall–Kier alpha value is -2.68. The van der Waals surface area contributed by atoms with E-state index in [1.54, 1.807) is 12.1 Å². The summed E-state index contributed by atoms with van der Waals surface area (Å²) < 4.78 is 20.6. The van der Waals surface area contributed by atoms with Gasteiger partial charge in [-0.1, -0.05) is 29.8 Å². The van der Waals surface area contributed by atoms with Crippen molar-refractivity contribution in [3.8, 4) is 0 Å². The summed E-state index contributed by atoms with van der Waals surface area (Å²) in [5.74, 6) is -1.31. The van der Waals surface area contributed by atoms with Gasteiger partial charge in [0, 0.05) is 28.9 Å². The number of hydrogen-bond donors (Lipinski definition) is 2. The second kappa shape index (κ2) is 8.99. The number of benzene rings is 2. The molecule has 2 amide bonds. The third kappa shape index (κ3) is 4.40. The zero-order valence-electron chi connectivity index (χ0n) is 15.9. The van der Waals surface area contributed by atoms with Gasteiger partial charge in [0.25, 0.3) is 5.91 Å². The molecule has 0 radical (unpaired) electrons. The van der Waals surface area contributed by atoms with Crippen molar-refractivity contribution in [3.05, 3.63) is 58.2 Å². The molecule has 0 spiro atoms. The smallest absolute Gasteiger partial charge is 0.263 e. The van der Waals surface area contributed by atoms with E-state index in [1.807, 2.05) is 29.2 Å². The van der Waals surface area contributed by atoms with Crippen molar-refractivity contribution < 1.29 is 18.7 Å². The molecule has 0 bridgehead atoms. The number of morpholine rings is 1. The van der Waals surface area contributed by atoms with Crippen LogP contribution in [0, 0.1) is 5.82 Å². The predicted molar refractivity (Wildman–Crippen MR) is 117 cm³/mol. The van der Waals surface area contributed by atoms with Crippen LogP contribution in [0.3, 0.4) is 0 Å². The van der Waals surface area contributed by atoms with Gasteiger partial charge in [-0.15, -0.1) is 11.3 Å². The average molecular weight is 448 g/mol. The number of amides is 2. The minimum Gasteiger partial charge on any atom is -0.378 e. The Morgan fingerprint density at radius 3 is 2.67 bits per heavy atom. The Morgan fingerprint density at radius 2 is 1.93 bits per heavy atom. The fraction of sp³-hybridized carbons (Fsp3) is 0.238. The number of anilines is 2. The number of hydrogen-bond acceptors (Lipinski definition) is 5. The summed E-state index contributed by atoms with van der Waals surface area (Å²) in [5.41, 5.74) is 0.799. The molecule has 156 valence electrons. The van der Waals surface area contributed by atoms with Crippen LogP contribution >= 0.6 is 22.9 Å². The van der Waals surface area contributed by atoms with Gasteiger partial charge in [0.15, 0.2) is 0 Å². The van der Waals surface area contributed by atoms with Crippen molar-refractivity contribution in [1.82, 2.24) is 5.32 Å². The van der Waals surface area contributed by atoms with E-state index >= 15 is 0 Å². The first-order valence-electron chi connectivity index (χ1n) is 9.40. The minimum atomic E-state index is -0.459. The number of nitrogens with zero attached hydrogens (tertiary/aromatic N) is 1. The molecule has 4 rings (SSSR count). The quantitative estimate of drug-likeness (QED) is 0.622. The molecular formula is C21H19ClFN3O3S. The lowest BCUT2D eigenvalue weighted by Crippen LogP contribution is -2.36. The molecule has 0 unspecified atom stereocenters. The Kier molecular flexibility index (Phi) is 6.17. The van der Waals surface area contributed by atoms with Gasteiger partial charge in [-0.25, -0.2) is 4.39 Å². The standard InChI is InChI=1S/C21H19ClFN3O3S/c22-19-14-3-1-2-4-17(14)30-20(19)21(28)24-12-18(27)25-13-5-6-16(15(23)11-13)26-7-9-29-10-8-26/h1-6,11H,7-10,12H2,(H,24,28)(H,25,27). The van der Waals surface area contributed by atoms with E-state index in [-0.39, 0.29) is 6.54 Å². The molecule has 9 heteroatoms. The highest BCUT2D eigenvalue weighted by Gasteiger charge is 2.18. The van der Waals surface area contributed by atoms with Crippen LogP contribution in [0.2, 0.25) is 5.02 Å². The largest absolute Gasteiger partial charge is 0.378 e. The molecular weight excluding hydrogens is 429 g/mol. The van der Waals surface area contributed by atoms with Gasteiger partial charge in [-0.2, -0.15) is 0 Å². The Balaban J connectivity index is 1.35. The number of thiophene rings is 1. The van der Waals surface area contributed by atoms with E-state index in [2.05, 4.69) is 10.6 Å². The van der Waals surface area contributed by atoms with E-state index in [9.17, 15) is 14.0 Å². The van der Waals surface area contributed by atoms with E-state index in [0.29, 0.717) is 47.6 Å². The fourth-order valence-corrected chi connectivity index (χ4v) is 4.68. The number of ether oxygens (including phenoxy) is 1. The minimum absolute atomic E-state index is 0.254. The van der Waals surface area contributed by atoms with Crippen LogP contribution in [-0.2, 0) is 9.53 Å². The molecule has 1 aromatic heterocycles. The Morgan fingerprint density at radius 1 is 1.17 bits per heavy atom. The molecule has 1 aliphatic rings. The predicted octanol–water partition coefficient (Wildman–Crippen LogP) is 3.90. The lowest BCUT2D eigenvalue weighted by atomic mass is 10.2. The lowest BCUT2D eigenvalue weighted by Gasteiger charge is -2.29. The maximum absolute atomic E-state index is 14.4. The second-order valence-electron chi connectivity index (χ2n) is 6.74. The van der Waals surface area contributed by atoms with Gasteiger partial charge in [-0.3, -0.25) is 9.59 Å². The summed E-state index contributed by atoms with van der Waals surface area (Å²) in [4.78, 5) is 26.9. The van der Waals surface area contributed by atoms with Crippen LogP contribution in [0.25, 0.3) is 10.1 Å². The normalized spacial score (nSPS) is 14.0. The molecule has 6 nitrogen and oxygen atoms in total. The molecule has 2 aromatic carbocycles. The molecule has 0 atom stereocenters. The maximum atomic E-state index is 14.4. The van der Waals surface area contributed by atoms with Crippen molar-refractivity contribution in [2.45, 2.75) is 0 Å². The SMILES string of the molecule is O=C(CNC(=O)c1sc2ccccc2c1Cl)Nc1ccc(N2CCOCC2)c(F)c1. The summed E-state index contributed by atoms with van der Waals surface area (Å²) >= 11 is 7.55. The number of fused-ring (bicyclic) bond motifs is 1. The van der Waals surface area contributed by atoms with E-state index in [1.165, 1.54) is 17.4 Å². The van der Waals surface area contributed by atoms with Gasteiger partial charge >= 0.3 is 0 Å². The van der Waals surface area contributed by atoms with Gasteiger partial charge < -0.3 is 20.3 Å². The number of nitrogens with one attached hydrogen (secondary N) is 2. The summed E-state index contributed by atoms with van der Waals surface area (Å²) in [5, 5.41) is 6.32. The molecule has 1 aliphatic heterocycles. The first kappa shape index (κ1) is 20.6. The molecule has 1 saturated heterocycles. The van der Waals surface area contributed by atoms with Gasteiger partial charge in [0.1, 0.15) is 10.7 Å². The third-order valence-corrected chi connectivity index (χ3v) is 6.41. The molecule has 0 saturated carbocycles. The topological polar surface area (TPSA) is 70.7 Å². The monoisotopic (exact) mass is 447 g/mol. The molecule has 1 fully saturated rings. The molecule has 30 heavy (non-hydrogen) atoms. The summed E-state index contributed by atoms with van der Waals surface area (Å²) in [6.07, 6.45) is 0. The lowest BCUT2D eigenvalue weighted by molar-refractivity contribution is -0.115. The highest BCUT2D eigenvalue weighted by molar-refractivity contribution is 7.21. The number of rotatable bonds is 5. The van der Waals surface area contributed by atoms with Crippen LogP contribution in [-0.4, -0.2) is 44.7 Å². The van der Waals surface area contributed by atoms with E-state index in [4.69, 9.17) is 16.3 Å². The molecule has 2 heterocycles. The van der Waals surface area contributed by atoms with Crippen molar-refractivity contribution in [2.24, 2.45) is 0 Å². The zero-order valence-corrected chi connectivity index (χ0v) is 17.5. The Labute approximate surface area is 181 Å². The molecule has 2 N–H and O–H groups in total. The van der Waals surface area contributed by atoms with Gasteiger partial charge in [0.2, 0.25) is 5.91 Å². The average Bonchev–Trinajstić information content (AvgIpc) is 3.10. The summed E-state index contributed by atoms with van der Waals surface area (Å²) in [6, 6.07) is 12.0. The van der Waals surface area contributed by atoms with Crippen molar-refractivity contribution in [2.75, 3.05) is 43.1 Å².